The number of nitrogen functional groups attached to an aromatic ring is 1. The van der Waals surface area contributed by atoms with Crippen molar-refractivity contribution in [3.8, 4) is 0 Å². The number of rotatable bonds is 2. The van der Waals surface area contributed by atoms with Gasteiger partial charge >= 0.3 is 102 Å². The fraction of sp³-hybridized carbons (Fsp3) is 0. The number of para-hydroxylation sites is 1. The average molecular weight is 363 g/mol. The molecule has 22 heavy (non-hydrogen) atoms. The first kappa shape index (κ1) is 16.3. The zero-order valence-electron chi connectivity index (χ0n) is 12.3. The molecule has 1 aromatic rings. The maximum Gasteiger partial charge on any atom is 0.0313 e. The fourth-order valence-corrected chi connectivity index (χ4v) is 5.07. The number of benzene rings is 1. The van der Waals surface area contributed by atoms with Crippen molar-refractivity contribution in [2.24, 2.45) is 0 Å². The summed E-state index contributed by atoms with van der Waals surface area (Å²) in [6, 6.07) is 9.49. The summed E-state index contributed by atoms with van der Waals surface area (Å²) in [4.78, 5) is 0. The van der Waals surface area contributed by atoms with Crippen molar-refractivity contribution in [2.45, 2.75) is 0 Å². The Hall–Kier alpha value is -2.10. The molecule has 0 radical (unpaired) electrons. The molecule has 106 valence electrons. The molecule has 0 saturated heterocycles. The van der Waals surface area contributed by atoms with Crippen LogP contribution in [0.15, 0.2) is 109 Å². The normalized spacial score (nSPS) is 14.5. The molecule has 2 aliphatic carbocycles. The van der Waals surface area contributed by atoms with E-state index >= 15 is 0 Å². The minimum atomic E-state index is -0.733. The van der Waals surface area contributed by atoms with Crippen LogP contribution in [0.1, 0.15) is 0 Å². The Balaban J connectivity index is 0.000000211. The summed E-state index contributed by atoms with van der Waals surface area (Å²) in [6.07, 6.45) is 12.7. The van der Waals surface area contributed by atoms with Gasteiger partial charge in [0.25, 0.3) is 0 Å². The smallest absolute Gasteiger partial charge is 0.0313 e. The molecule has 3 rings (SSSR count). The van der Waals surface area contributed by atoms with Crippen molar-refractivity contribution >= 4 is 5.69 Å². The first-order valence-electron chi connectivity index (χ1n) is 6.89. The summed E-state index contributed by atoms with van der Waals surface area (Å²) >= 11 is -0.733. The SMILES string of the molecule is C=C=C1C=CC=[C]1[Zr][C]1=CC=CC1=C=C.Nc1ccccc1. The van der Waals surface area contributed by atoms with Gasteiger partial charge in [0.05, 0.1) is 0 Å². The Morgan fingerprint density at radius 3 is 1.68 bits per heavy atom. The van der Waals surface area contributed by atoms with Crippen LogP contribution in [0.4, 0.5) is 5.69 Å². The Morgan fingerprint density at radius 1 is 0.818 bits per heavy atom. The van der Waals surface area contributed by atoms with Crippen LogP contribution < -0.4 is 5.73 Å². The Kier molecular flexibility index (Phi) is 6.19. The molecule has 0 aromatic heterocycles. The summed E-state index contributed by atoms with van der Waals surface area (Å²) < 4.78 is 2.85. The molecule has 1 aromatic carbocycles. The predicted molar refractivity (Wildman–Crippen MR) is 90.6 cm³/mol. The summed E-state index contributed by atoms with van der Waals surface area (Å²) in [5.74, 6) is 0. The Morgan fingerprint density at radius 2 is 1.32 bits per heavy atom. The number of hydrogen-bond acceptors (Lipinski definition) is 1. The van der Waals surface area contributed by atoms with Gasteiger partial charge in [-0.1, -0.05) is 18.2 Å². The topological polar surface area (TPSA) is 26.0 Å². The third kappa shape index (κ3) is 4.45. The standard InChI is InChI=1S/2C7H5.C6H7N.Zr/c2*1-2-7-5-3-4-6-7;7-6-4-2-1-3-5-6;/h2*3-5H,1H2;1-5H,7H2;. The van der Waals surface area contributed by atoms with Crippen LogP contribution in [0.5, 0.6) is 0 Å². The van der Waals surface area contributed by atoms with E-state index in [4.69, 9.17) is 5.73 Å². The first-order chi connectivity index (χ1) is 10.7. The van der Waals surface area contributed by atoms with Crippen LogP contribution >= 0.6 is 0 Å². The van der Waals surface area contributed by atoms with Gasteiger partial charge < -0.3 is 5.73 Å². The summed E-state index contributed by atoms with van der Waals surface area (Å²) in [7, 11) is 0. The molecule has 2 heteroatoms. The second-order valence-corrected chi connectivity index (χ2v) is 7.86. The van der Waals surface area contributed by atoms with E-state index in [2.05, 4.69) is 61.1 Å². The quantitative estimate of drug-likeness (QED) is 0.600. The van der Waals surface area contributed by atoms with Crippen molar-refractivity contribution in [2.75, 3.05) is 5.73 Å². The van der Waals surface area contributed by atoms with Crippen LogP contribution in [0.3, 0.4) is 0 Å². The second kappa shape index (κ2) is 8.37. The zero-order valence-corrected chi connectivity index (χ0v) is 14.8. The summed E-state index contributed by atoms with van der Waals surface area (Å²) in [6.45, 7) is 7.42. The molecule has 0 fully saturated rings. The molecule has 0 amide bonds. The molecule has 0 heterocycles. The van der Waals surface area contributed by atoms with Gasteiger partial charge in [-0.15, -0.1) is 0 Å². The Labute approximate surface area is 143 Å². The van der Waals surface area contributed by atoms with E-state index in [1.54, 1.807) is 0 Å². The molecule has 0 saturated carbocycles. The van der Waals surface area contributed by atoms with Gasteiger partial charge in [0.15, 0.2) is 0 Å². The van der Waals surface area contributed by atoms with Crippen LogP contribution in [-0.2, 0) is 23.2 Å². The molecule has 0 bridgehead atoms. The maximum atomic E-state index is 5.36. The molecule has 0 spiro atoms. The largest absolute Gasteiger partial charge is 0.399 e. The number of allylic oxidation sites excluding steroid dienone is 10. The molecule has 0 aliphatic heterocycles. The minimum Gasteiger partial charge on any atom is -0.399 e. The summed E-state index contributed by atoms with van der Waals surface area (Å²) in [5.41, 5.74) is 14.5. The monoisotopic (exact) mass is 361 g/mol. The first-order valence-corrected chi connectivity index (χ1v) is 9.35. The molecule has 0 unspecified atom stereocenters. The van der Waals surface area contributed by atoms with Gasteiger partial charge in [-0.25, -0.2) is 0 Å². The van der Waals surface area contributed by atoms with Crippen molar-refractivity contribution in [1.29, 1.82) is 0 Å². The second-order valence-electron chi connectivity index (χ2n) is 4.60. The van der Waals surface area contributed by atoms with Gasteiger partial charge in [0, 0.05) is 5.69 Å². The van der Waals surface area contributed by atoms with E-state index in [1.807, 2.05) is 30.3 Å². The molecular formula is C20H17NZr. The van der Waals surface area contributed by atoms with E-state index in [0.717, 1.165) is 16.8 Å². The molecule has 2 N–H and O–H groups in total. The third-order valence-corrected chi connectivity index (χ3v) is 6.55. The Bertz CT molecular complexity index is 715. The van der Waals surface area contributed by atoms with Crippen molar-refractivity contribution in [3.63, 3.8) is 0 Å². The van der Waals surface area contributed by atoms with Gasteiger partial charge in [-0.3, -0.25) is 0 Å². The minimum absolute atomic E-state index is 0.733. The maximum absolute atomic E-state index is 5.36. The van der Waals surface area contributed by atoms with Gasteiger partial charge in [0.1, 0.15) is 0 Å². The van der Waals surface area contributed by atoms with E-state index < -0.39 is 23.2 Å². The van der Waals surface area contributed by atoms with E-state index in [1.165, 1.54) is 6.56 Å². The van der Waals surface area contributed by atoms with Gasteiger partial charge in [-0.05, 0) is 12.1 Å². The predicted octanol–water partition coefficient (Wildman–Crippen LogP) is 4.67. The van der Waals surface area contributed by atoms with Gasteiger partial charge in [0.2, 0.25) is 0 Å². The zero-order chi connectivity index (χ0) is 15.8. The summed E-state index contributed by atoms with van der Waals surface area (Å²) in [5, 5.41) is 0. The van der Waals surface area contributed by atoms with Crippen molar-refractivity contribution in [1.82, 2.24) is 0 Å². The molecular weight excluding hydrogens is 345 g/mol. The number of hydrogen-bond donors (Lipinski definition) is 1. The molecule has 1 nitrogen and oxygen atoms in total. The van der Waals surface area contributed by atoms with Crippen LogP contribution in [0, 0.1) is 0 Å². The third-order valence-electron chi connectivity index (χ3n) is 3.08. The van der Waals surface area contributed by atoms with Gasteiger partial charge in [-0.2, -0.15) is 0 Å². The fourth-order valence-electron chi connectivity index (χ4n) is 1.96. The van der Waals surface area contributed by atoms with Crippen molar-refractivity contribution in [3.05, 3.63) is 109 Å². The van der Waals surface area contributed by atoms with Crippen LogP contribution in [-0.4, -0.2) is 0 Å². The van der Waals surface area contributed by atoms with E-state index in [-0.39, 0.29) is 0 Å². The molecule has 2 aliphatic rings. The van der Waals surface area contributed by atoms with Crippen LogP contribution in [0.2, 0.25) is 0 Å². The van der Waals surface area contributed by atoms with Crippen LogP contribution in [0.25, 0.3) is 0 Å². The van der Waals surface area contributed by atoms with E-state index in [9.17, 15) is 0 Å². The number of nitrogens with two attached hydrogens (primary N) is 1. The number of anilines is 1. The average Bonchev–Trinajstić information content (AvgIpc) is 3.18. The van der Waals surface area contributed by atoms with Crippen molar-refractivity contribution < 1.29 is 23.2 Å². The molecule has 0 atom stereocenters. The van der Waals surface area contributed by atoms with E-state index in [0.29, 0.717) is 0 Å².